The molecule has 0 unspecified atom stereocenters. The van der Waals surface area contributed by atoms with Crippen molar-refractivity contribution in [1.29, 1.82) is 0 Å². The average molecular weight is 364 g/mol. The Bertz CT molecular complexity index is 591. The van der Waals surface area contributed by atoms with E-state index in [4.69, 9.17) is 9.47 Å². The van der Waals surface area contributed by atoms with Crippen molar-refractivity contribution in [3.63, 3.8) is 0 Å². The highest BCUT2D eigenvalue weighted by molar-refractivity contribution is 5.79. The molecule has 8 nitrogen and oxygen atoms in total. The first kappa shape index (κ1) is 21.0. The molecule has 1 atom stereocenters. The minimum absolute atomic E-state index is 0.0652. The number of hydrogen-bond donors (Lipinski definition) is 3. The third-order valence-electron chi connectivity index (χ3n) is 3.32. The van der Waals surface area contributed by atoms with Crippen molar-refractivity contribution in [2.45, 2.75) is 31.9 Å². The van der Waals surface area contributed by atoms with E-state index in [2.05, 4.69) is 17.2 Å². The predicted octanol–water partition coefficient (Wildman–Crippen LogP) is 2.45. The van der Waals surface area contributed by atoms with E-state index in [-0.39, 0.29) is 19.6 Å². The first-order valence-corrected chi connectivity index (χ1v) is 8.24. The topological polar surface area (TPSA) is 114 Å². The quantitative estimate of drug-likeness (QED) is 0.410. The fraction of sp³-hybridized carbons (Fsp3) is 0.389. The van der Waals surface area contributed by atoms with Gasteiger partial charge in [-0.15, -0.1) is 0 Å². The lowest BCUT2D eigenvalue weighted by atomic mass is 10.1. The number of amides is 2. The van der Waals surface area contributed by atoms with E-state index < -0.39 is 24.2 Å². The minimum atomic E-state index is -1.14. The van der Waals surface area contributed by atoms with Gasteiger partial charge in [-0.1, -0.05) is 43.0 Å². The van der Waals surface area contributed by atoms with Gasteiger partial charge in [0.1, 0.15) is 19.3 Å². The molecule has 26 heavy (non-hydrogen) atoms. The molecule has 1 aromatic carbocycles. The molecule has 0 bridgehead atoms. The molecule has 0 spiro atoms. The summed E-state index contributed by atoms with van der Waals surface area (Å²) in [6.07, 6.45) is 1.39. The molecule has 0 aliphatic rings. The number of rotatable bonds is 11. The summed E-state index contributed by atoms with van der Waals surface area (Å²) in [5.74, 6) is -1.14. The highest BCUT2D eigenvalue weighted by Crippen LogP contribution is 2.04. The summed E-state index contributed by atoms with van der Waals surface area (Å²) < 4.78 is 9.75. The van der Waals surface area contributed by atoms with Crippen LogP contribution in [-0.2, 0) is 20.9 Å². The van der Waals surface area contributed by atoms with Gasteiger partial charge in [-0.25, -0.2) is 14.4 Å². The molecule has 0 aliphatic carbocycles. The normalized spacial score (nSPS) is 11.1. The van der Waals surface area contributed by atoms with Crippen LogP contribution in [0.2, 0.25) is 0 Å². The van der Waals surface area contributed by atoms with E-state index in [1.54, 1.807) is 12.1 Å². The van der Waals surface area contributed by atoms with Crippen LogP contribution in [-0.4, -0.2) is 42.5 Å². The van der Waals surface area contributed by atoms with Crippen LogP contribution in [0.1, 0.15) is 24.8 Å². The number of hydrogen-bond acceptors (Lipinski definition) is 5. The van der Waals surface area contributed by atoms with Crippen LogP contribution in [0.5, 0.6) is 0 Å². The van der Waals surface area contributed by atoms with Crippen LogP contribution in [0, 0.1) is 0 Å². The largest absolute Gasteiger partial charge is 0.480 e. The van der Waals surface area contributed by atoms with E-state index in [0.717, 1.165) is 5.56 Å². The molecular formula is C18H24N2O6. The summed E-state index contributed by atoms with van der Waals surface area (Å²) >= 11 is 0. The zero-order chi connectivity index (χ0) is 19.2. The second kappa shape index (κ2) is 12.3. The molecule has 2 amide bonds. The number of carboxylic acids is 1. The van der Waals surface area contributed by atoms with Crippen molar-refractivity contribution in [2.75, 3.05) is 13.2 Å². The molecule has 1 aromatic rings. The Labute approximate surface area is 152 Å². The Morgan fingerprint density at radius 1 is 1.12 bits per heavy atom. The van der Waals surface area contributed by atoms with E-state index in [0.29, 0.717) is 19.4 Å². The molecular weight excluding hydrogens is 340 g/mol. The smallest absolute Gasteiger partial charge is 0.408 e. The van der Waals surface area contributed by atoms with Gasteiger partial charge in [-0.05, 0) is 24.8 Å². The highest BCUT2D eigenvalue weighted by Gasteiger charge is 2.20. The molecule has 0 heterocycles. The van der Waals surface area contributed by atoms with Crippen LogP contribution in [0.25, 0.3) is 0 Å². The zero-order valence-corrected chi connectivity index (χ0v) is 14.5. The van der Waals surface area contributed by atoms with Crippen LogP contribution in [0.4, 0.5) is 9.59 Å². The van der Waals surface area contributed by atoms with Gasteiger partial charge in [0.25, 0.3) is 0 Å². The van der Waals surface area contributed by atoms with Crippen molar-refractivity contribution in [3.05, 3.63) is 48.6 Å². The Kier molecular flexibility index (Phi) is 9.98. The van der Waals surface area contributed by atoms with Gasteiger partial charge in [-0.2, -0.15) is 0 Å². The molecule has 0 saturated heterocycles. The Morgan fingerprint density at radius 2 is 1.85 bits per heavy atom. The number of ether oxygens (including phenoxy) is 2. The van der Waals surface area contributed by atoms with E-state index >= 15 is 0 Å². The van der Waals surface area contributed by atoms with Crippen molar-refractivity contribution in [1.82, 2.24) is 10.6 Å². The number of carboxylic acid groups (broad SMARTS) is 1. The molecule has 1 rings (SSSR count). The minimum Gasteiger partial charge on any atom is -0.480 e. The van der Waals surface area contributed by atoms with Crippen LogP contribution >= 0.6 is 0 Å². The molecule has 0 aromatic heterocycles. The van der Waals surface area contributed by atoms with Gasteiger partial charge in [0.05, 0.1) is 0 Å². The van der Waals surface area contributed by atoms with E-state index in [9.17, 15) is 19.5 Å². The first-order chi connectivity index (χ1) is 12.5. The summed E-state index contributed by atoms with van der Waals surface area (Å²) in [6, 6.07) is 8.03. The average Bonchev–Trinajstić information content (AvgIpc) is 2.64. The molecule has 142 valence electrons. The lowest BCUT2D eigenvalue weighted by Gasteiger charge is -2.14. The molecule has 8 heteroatoms. The van der Waals surface area contributed by atoms with Crippen molar-refractivity contribution in [3.8, 4) is 0 Å². The highest BCUT2D eigenvalue weighted by atomic mass is 16.6. The Morgan fingerprint density at radius 3 is 2.50 bits per heavy atom. The van der Waals surface area contributed by atoms with E-state index in [1.807, 2.05) is 18.2 Å². The number of nitrogens with one attached hydrogen (secondary N) is 2. The maximum Gasteiger partial charge on any atom is 0.408 e. The number of aliphatic carboxylic acids is 1. The number of alkyl carbamates (subject to hydrolysis) is 2. The summed E-state index contributed by atoms with van der Waals surface area (Å²) in [4.78, 5) is 34.2. The summed E-state index contributed by atoms with van der Waals surface area (Å²) in [7, 11) is 0. The number of benzene rings is 1. The lowest BCUT2D eigenvalue weighted by molar-refractivity contribution is -0.139. The Balaban J connectivity index is 2.24. The molecule has 0 saturated carbocycles. The zero-order valence-electron chi connectivity index (χ0n) is 14.5. The Hall–Kier alpha value is -3.03. The van der Waals surface area contributed by atoms with Crippen LogP contribution < -0.4 is 10.6 Å². The first-order valence-electron chi connectivity index (χ1n) is 8.24. The molecule has 0 aliphatic heterocycles. The summed E-state index contributed by atoms with van der Waals surface area (Å²) in [5.41, 5.74) is 0.809. The second-order valence-electron chi connectivity index (χ2n) is 5.41. The van der Waals surface area contributed by atoms with Gasteiger partial charge >= 0.3 is 18.2 Å². The maximum atomic E-state index is 11.7. The van der Waals surface area contributed by atoms with E-state index in [1.165, 1.54) is 6.08 Å². The lowest BCUT2D eigenvalue weighted by Crippen LogP contribution is -2.41. The second-order valence-corrected chi connectivity index (χ2v) is 5.41. The van der Waals surface area contributed by atoms with Gasteiger partial charge in [0, 0.05) is 6.54 Å². The molecule has 0 fully saturated rings. The molecule has 3 N–H and O–H groups in total. The monoisotopic (exact) mass is 364 g/mol. The van der Waals surface area contributed by atoms with Crippen molar-refractivity contribution in [2.24, 2.45) is 0 Å². The van der Waals surface area contributed by atoms with Gasteiger partial charge in [-0.3, -0.25) is 0 Å². The summed E-state index contributed by atoms with van der Waals surface area (Å²) in [6.45, 7) is 3.97. The maximum absolute atomic E-state index is 11.7. The van der Waals surface area contributed by atoms with Gasteiger partial charge in [0.2, 0.25) is 0 Å². The van der Waals surface area contributed by atoms with Crippen molar-refractivity contribution < 1.29 is 29.0 Å². The van der Waals surface area contributed by atoms with Crippen LogP contribution in [0.15, 0.2) is 43.0 Å². The summed E-state index contributed by atoms with van der Waals surface area (Å²) in [5, 5.41) is 14.0. The third kappa shape index (κ3) is 9.31. The number of unbranched alkanes of at least 4 members (excludes halogenated alkanes) is 1. The van der Waals surface area contributed by atoms with Crippen LogP contribution in [0.3, 0.4) is 0 Å². The van der Waals surface area contributed by atoms with Gasteiger partial charge in [0.15, 0.2) is 0 Å². The SMILES string of the molecule is C=CCOC(=O)NCCCC[C@@H](NC(=O)OCc1ccccc1)C(=O)O. The number of carbonyl (C=O) groups excluding carboxylic acids is 2. The molecule has 0 radical (unpaired) electrons. The predicted molar refractivity (Wildman–Crippen MR) is 94.6 cm³/mol. The number of carbonyl (C=O) groups is 3. The fourth-order valence-corrected chi connectivity index (χ4v) is 2.01. The van der Waals surface area contributed by atoms with Gasteiger partial charge < -0.3 is 25.2 Å². The van der Waals surface area contributed by atoms with Crippen molar-refractivity contribution >= 4 is 18.2 Å². The fourth-order valence-electron chi connectivity index (χ4n) is 2.01. The standard InChI is InChI=1S/C18H24N2O6/c1-2-12-25-17(23)19-11-7-6-10-15(16(21)22)20-18(24)26-13-14-8-4-3-5-9-14/h2-5,8-9,15H,1,6-7,10-13H2,(H,19,23)(H,20,24)(H,21,22)/t15-/m1/s1. The third-order valence-corrected chi connectivity index (χ3v) is 3.32.